The van der Waals surface area contributed by atoms with Crippen molar-refractivity contribution in [1.82, 2.24) is 10.2 Å². The normalized spacial score (nSPS) is 35.6. The standard InChI is InChI=1S/C21H40N2.C16H31N.C14H27N.C14H15N.C11H23N.C9H19N.C9H13N.C8H14.2C7H16N2.CH5N/c1-15-2-4-17(5-3-15)13-19-14-18(8-11-21(19)23)12-16-6-9-20(22)10-7-16;1-11-4-5-14(8-12(11)2)10-15-6-7-16(17)13(3)9-15;2*1-11-2-4-12(5-3-11)10-13-6-8-14(15)9-7-13;1-5-11(4)7-9(12)6-10(2,3)8-11;2*1-2-8-4-3-5-9(6-8)7-10;1-6-4-7-2-3-8(6)5-7;1-5-2-3-6(8)4-7(5)9;1-2-5-9-6-3-8-4-7-9;1-2/h15-21H,2-14,22-23H2,1H3;11-16H,4-10,17H2,1-3H3;11-14H,2-10,15H2,1H3;2-9H,10,15H2,1H3;9H,5-8,12H2,1-4H3;8-9H,2-7,10H2,1H3;3-6H,2,7,10H2,1H3;6-8H,2-5H2,1H3;5-7H,2-4,8-9H2,1H3;8H,2-7H2,1H3;2H2,1H3. The van der Waals surface area contributed by atoms with Gasteiger partial charge in [0.25, 0.3) is 0 Å². The third kappa shape index (κ3) is 46.2. The zero-order valence-corrected chi connectivity index (χ0v) is 88.1. The van der Waals surface area contributed by atoms with Crippen LogP contribution in [0.15, 0.2) is 72.8 Å². The molecule has 0 radical (unpaired) electrons. The molecule has 1 heterocycles. The summed E-state index contributed by atoms with van der Waals surface area (Å²) in [6.45, 7) is 42.5. The third-order valence-corrected chi connectivity index (χ3v) is 35.3. The number of aryl methyl sites for hydroxylation is 2. The molecule has 13 heteroatoms. The van der Waals surface area contributed by atoms with E-state index < -0.39 is 0 Å². The molecule has 13 aliphatic rings. The van der Waals surface area contributed by atoms with Crippen molar-refractivity contribution in [2.75, 3.05) is 52.0 Å². The Bertz CT molecular complexity index is 3130. The van der Waals surface area contributed by atoms with Crippen LogP contribution < -0.4 is 68.4 Å². The first-order valence-corrected chi connectivity index (χ1v) is 55.9. The van der Waals surface area contributed by atoms with Crippen LogP contribution in [0.1, 0.15) is 420 Å². The van der Waals surface area contributed by atoms with Gasteiger partial charge in [-0.1, -0.05) is 259 Å². The molecule has 12 aliphatic carbocycles. The summed E-state index contributed by atoms with van der Waals surface area (Å²) in [5.41, 5.74) is 71.7. The SMILES string of the molecule is CC1CC2CCC1C2.CC1CCC(CC2CC(CC3CCC(N)CC3)CCC2N)CC1.CC1CCC(CC2CCC(N)C(C)C2)CC1C.CC1CCC(CC2CCC(N)CC2)CC1.CC1CCC(N)CC1N.CCC1(C)CC(N)CC(C)(C)C1.CCC1CCCC(CN)C1.CCCN1CCNCC1.CCc1cccc(CN)c1.CN.Cc1ccc(Cc2ccc(N)cc2)cc1. The molecule has 0 amide bonds. The first kappa shape index (κ1) is 116. The summed E-state index contributed by atoms with van der Waals surface area (Å²) in [4.78, 5) is 2.51. The summed E-state index contributed by atoms with van der Waals surface area (Å²) >= 11 is 0. The van der Waals surface area contributed by atoms with E-state index in [0.29, 0.717) is 65.6 Å². The Morgan fingerprint density at radius 2 is 0.892 bits per heavy atom. The molecular formula is C117H219N13. The van der Waals surface area contributed by atoms with Crippen LogP contribution in [0.25, 0.3) is 0 Å². The zero-order valence-electron chi connectivity index (χ0n) is 88.1. The molecular weight excluding hydrogens is 1590 g/mol. The molecule has 12 saturated carbocycles. The molecule has 2 bridgehead atoms. The minimum absolute atomic E-state index is 0.355. The van der Waals surface area contributed by atoms with E-state index in [1.165, 1.54) is 324 Å². The van der Waals surface area contributed by atoms with Gasteiger partial charge in [0.1, 0.15) is 0 Å². The minimum atomic E-state index is 0.355. The number of hydrogen-bond acceptors (Lipinski definition) is 13. The highest BCUT2D eigenvalue weighted by Gasteiger charge is 2.40. The lowest BCUT2D eigenvalue weighted by Gasteiger charge is -2.45. The summed E-state index contributed by atoms with van der Waals surface area (Å²) < 4.78 is 0. The fourth-order valence-corrected chi connectivity index (χ4v) is 26.0. The van der Waals surface area contributed by atoms with E-state index >= 15 is 0 Å². The largest absolute Gasteiger partial charge is 0.399 e. The molecule has 0 aromatic heterocycles. The maximum absolute atomic E-state index is 6.52. The monoisotopic (exact) mass is 1810 g/mol. The average molecular weight is 1810 g/mol. The molecule has 0 spiro atoms. The van der Waals surface area contributed by atoms with Crippen LogP contribution in [0.3, 0.4) is 0 Å². The van der Waals surface area contributed by atoms with E-state index in [1.807, 2.05) is 12.1 Å². The first-order chi connectivity index (χ1) is 62.2. The quantitative estimate of drug-likeness (QED) is 0.0561. The number of piperazine rings is 1. The Labute approximate surface area is 805 Å². The molecule has 13 nitrogen and oxygen atoms in total. The topological polar surface area (TPSA) is 301 Å². The maximum atomic E-state index is 6.52. The lowest BCUT2D eigenvalue weighted by Crippen LogP contribution is -2.43. The highest BCUT2D eigenvalue weighted by molar-refractivity contribution is 5.41. The van der Waals surface area contributed by atoms with Gasteiger partial charge in [0, 0.05) is 80.7 Å². The first-order valence-electron chi connectivity index (χ1n) is 55.9. The molecule has 1 aliphatic heterocycles. The van der Waals surface area contributed by atoms with Crippen molar-refractivity contribution in [3.63, 3.8) is 0 Å². The highest BCUT2D eigenvalue weighted by Crippen LogP contribution is 2.50. The van der Waals surface area contributed by atoms with Crippen molar-refractivity contribution >= 4 is 5.69 Å². The third-order valence-electron chi connectivity index (χ3n) is 35.3. The number of fused-ring (bicyclic) bond motifs is 2. The van der Waals surface area contributed by atoms with Gasteiger partial charge in [0.2, 0.25) is 0 Å². The number of nitrogens with zero attached hydrogens (tertiary/aromatic N) is 1. The number of nitrogens with one attached hydrogen (secondary N) is 1. The van der Waals surface area contributed by atoms with Gasteiger partial charge in [0.15, 0.2) is 0 Å². The van der Waals surface area contributed by atoms with Crippen LogP contribution in [0.4, 0.5) is 5.69 Å². The maximum Gasteiger partial charge on any atom is 0.0314 e. The van der Waals surface area contributed by atoms with Gasteiger partial charge in [-0.25, -0.2) is 0 Å². The van der Waals surface area contributed by atoms with Crippen LogP contribution >= 0.6 is 0 Å². The minimum Gasteiger partial charge on any atom is -0.399 e. The number of nitrogen functional groups attached to an aromatic ring is 1. The Morgan fingerprint density at radius 1 is 0.400 bits per heavy atom. The van der Waals surface area contributed by atoms with Gasteiger partial charge in [-0.3, -0.25) is 0 Å². The molecule has 16 rings (SSSR count). The van der Waals surface area contributed by atoms with E-state index in [0.717, 1.165) is 144 Å². The number of anilines is 1. The molecule has 19 atom stereocenters. The van der Waals surface area contributed by atoms with E-state index in [2.05, 4.69) is 180 Å². The Morgan fingerprint density at radius 3 is 1.37 bits per heavy atom. The highest BCUT2D eigenvalue weighted by atomic mass is 15.2. The predicted octanol–water partition coefficient (Wildman–Crippen LogP) is 25.5. The summed E-state index contributed by atoms with van der Waals surface area (Å²) in [6.07, 6.45) is 66.0. The van der Waals surface area contributed by atoms with Gasteiger partial charge < -0.3 is 73.3 Å². The van der Waals surface area contributed by atoms with Crippen molar-refractivity contribution in [1.29, 1.82) is 0 Å². The Hall–Kier alpha value is -3.02. The average Bonchev–Trinajstić information content (AvgIpc) is 1.22. The molecule has 3 aromatic rings. The molecule has 752 valence electrons. The fourth-order valence-electron chi connectivity index (χ4n) is 26.0. The molecule has 1 saturated heterocycles. The zero-order chi connectivity index (χ0) is 95.1. The van der Waals surface area contributed by atoms with E-state index in [1.54, 1.807) is 25.7 Å². The van der Waals surface area contributed by atoms with Gasteiger partial charge >= 0.3 is 0 Å². The van der Waals surface area contributed by atoms with Crippen molar-refractivity contribution in [3.8, 4) is 0 Å². The summed E-state index contributed by atoms with van der Waals surface area (Å²) in [7, 11) is 1.50. The van der Waals surface area contributed by atoms with Crippen molar-refractivity contribution in [2.45, 2.75) is 461 Å². The smallest absolute Gasteiger partial charge is 0.0314 e. The van der Waals surface area contributed by atoms with Crippen LogP contribution in [0.5, 0.6) is 0 Å². The fraction of sp³-hybridized carbons (Fsp3) is 0.846. The molecule has 19 unspecified atom stereocenters. The van der Waals surface area contributed by atoms with Crippen molar-refractivity contribution in [2.24, 2.45) is 181 Å². The Kier molecular flexibility index (Phi) is 56.6. The molecule has 3 aromatic carbocycles. The molecule has 130 heavy (non-hydrogen) atoms. The molecule has 23 N–H and O–H groups in total. The second kappa shape index (κ2) is 63.5. The van der Waals surface area contributed by atoms with Crippen LogP contribution in [0, 0.1) is 130 Å². The predicted molar refractivity (Wildman–Crippen MR) is 570 cm³/mol. The van der Waals surface area contributed by atoms with Crippen molar-refractivity contribution in [3.05, 3.63) is 101 Å². The van der Waals surface area contributed by atoms with Crippen LogP contribution in [-0.2, 0) is 19.4 Å². The Balaban J connectivity index is 0.000000226. The summed E-state index contributed by atoms with van der Waals surface area (Å²) in [6, 6.07) is 28.2. The lowest BCUT2D eigenvalue weighted by molar-refractivity contribution is 0.0802. The lowest BCUT2D eigenvalue weighted by atomic mass is 9.62. The second-order valence-electron chi connectivity index (χ2n) is 47.8. The number of hydrogen-bond donors (Lipinski definition) is 12. The summed E-state index contributed by atoms with van der Waals surface area (Å²) in [5.74, 6) is 18.3. The number of rotatable bonds is 17. The van der Waals surface area contributed by atoms with E-state index in [-0.39, 0.29) is 0 Å². The van der Waals surface area contributed by atoms with Gasteiger partial charge in [0.05, 0.1) is 0 Å². The van der Waals surface area contributed by atoms with Crippen LogP contribution in [-0.4, -0.2) is 93.5 Å². The molecule has 13 fully saturated rings. The van der Waals surface area contributed by atoms with E-state index in [9.17, 15) is 0 Å². The van der Waals surface area contributed by atoms with E-state index in [4.69, 9.17) is 57.3 Å². The second-order valence-corrected chi connectivity index (χ2v) is 47.8. The van der Waals surface area contributed by atoms with Gasteiger partial charge in [-0.15, -0.1) is 0 Å². The number of benzene rings is 3. The van der Waals surface area contributed by atoms with Gasteiger partial charge in [-0.2, -0.15) is 0 Å². The van der Waals surface area contributed by atoms with Gasteiger partial charge in [-0.05, 0) is 397 Å². The summed E-state index contributed by atoms with van der Waals surface area (Å²) in [5, 5.41) is 3.33. The van der Waals surface area contributed by atoms with Crippen LogP contribution in [0.2, 0.25) is 0 Å². The number of nitrogens with two attached hydrogens (primary N) is 11. The van der Waals surface area contributed by atoms with Crippen molar-refractivity contribution < 1.29 is 0 Å².